The second-order valence-corrected chi connectivity index (χ2v) is 6.97. The lowest BCUT2D eigenvalue weighted by Crippen LogP contribution is -2.29. The number of fused-ring (bicyclic) bond motifs is 1. The van der Waals surface area contributed by atoms with Crippen molar-refractivity contribution in [2.75, 3.05) is 11.9 Å². The van der Waals surface area contributed by atoms with Gasteiger partial charge in [-0.25, -0.2) is 14.8 Å². The van der Waals surface area contributed by atoms with E-state index in [2.05, 4.69) is 32.5 Å². The molecule has 0 atom stereocenters. The van der Waals surface area contributed by atoms with Crippen LogP contribution in [0.3, 0.4) is 0 Å². The molecule has 3 heterocycles. The Morgan fingerprint density at radius 3 is 2.85 bits per heavy atom. The van der Waals surface area contributed by atoms with Crippen molar-refractivity contribution in [3.8, 4) is 10.6 Å². The molecule has 136 valence electrons. The number of carbonyl (C=O) groups is 1. The second-order valence-electron chi connectivity index (χ2n) is 5.81. The molecule has 7 nitrogen and oxygen atoms in total. The Bertz CT molecular complexity index is 896. The number of thiophene rings is 1. The van der Waals surface area contributed by atoms with Gasteiger partial charge in [0.05, 0.1) is 17.7 Å². The molecule has 8 heteroatoms. The third kappa shape index (κ3) is 4.53. The van der Waals surface area contributed by atoms with Gasteiger partial charge < -0.3 is 10.4 Å². The SMILES string of the molecule is CCCCCNC(=O)Nc1ccc2ncc(-c3ccc(CO)s3)nc2n1. The maximum atomic E-state index is 11.9. The molecule has 3 N–H and O–H groups in total. The maximum Gasteiger partial charge on any atom is 0.320 e. The summed E-state index contributed by atoms with van der Waals surface area (Å²) in [6, 6.07) is 6.97. The number of nitrogens with zero attached hydrogens (tertiary/aromatic N) is 3. The van der Waals surface area contributed by atoms with Gasteiger partial charge in [-0.1, -0.05) is 19.8 Å². The molecule has 3 rings (SSSR count). The summed E-state index contributed by atoms with van der Waals surface area (Å²) in [5.41, 5.74) is 1.81. The Hall–Kier alpha value is -2.58. The summed E-state index contributed by atoms with van der Waals surface area (Å²) < 4.78 is 0. The first-order valence-corrected chi connectivity index (χ1v) is 9.40. The zero-order valence-corrected chi connectivity index (χ0v) is 15.3. The first-order chi connectivity index (χ1) is 12.7. The van der Waals surface area contributed by atoms with Crippen LogP contribution in [-0.4, -0.2) is 32.6 Å². The van der Waals surface area contributed by atoms with Crippen molar-refractivity contribution in [2.24, 2.45) is 0 Å². The Morgan fingerprint density at radius 1 is 1.19 bits per heavy atom. The van der Waals surface area contributed by atoms with Crippen LogP contribution < -0.4 is 10.6 Å². The molecular formula is C18H21N5O2S. The number of unbranched alkanes of at least 4 members (excludes halogenated alkanes) is 2. The van der Waals surface area contributed by atoms with Crippen LogP contribution in [0.2, 0.25) is 0 Å². The van der Waals surface area contributed by atoms with E-state index in [1.54, 1.807) is 18.3 Å². The number of pyridine rings is 1. The van der Waals surface area contributed by atoms with E-state index in [9.17, 15) is 9.90 Å². The minimum Gasteiger partial charge on any atom is -0.391 e. The van der Waals surface area contributed by atoms with E-state index in [4.69, 9.17) is 0 Å². The molecular weight excluding hydrogens is 350 g/mol. The normalized spacial score (nSPS) is 10.8. The molecule has 0 saturated heterocycles. The standard InChI is InChI=1S/C18H21N5O2S/c1-2-3-4-9-19-18(25)23-16-8-6-13-17(22-16)21-14(10-20-13)15-7-5-12(11-24)26-15/h5-8,10,24H,2-4,9,11H2,1H3,(H2,19,21,22,23,25). The minimum atomic E-state index is -0.275. The molecule has 0 aliphatic carbocycles. The van der Waals surface area contributed by atoms with Crippen molar-refractivity contribution in [2.45, 2.75) is 32.8 Å². The summed E-state index contributed by atoms with van der Waals surface area (Å²) in [4.78, 5) is 27.0. The van der Waals surface area contributed by atoms with Gasteiger partial charge in [0.2, 0.25) is 0 Å². The van der Waals surface area contributed by atoms with Crippen LogP contribution in [0, 0.1) is 0 Å². The largest absolute Gasteiger partial charge is 0.391 e. The quantitative estimate of drug-likeness (QED) is 0.552. The molecule has 3 aromatic heterocycles. The third-order valence-electron chi connectivity index (χ3n) is 3.78. The molecule has 0 unspecified atom stereocenters. The zero-order chi connectivity index (χ0) is 18.4. The summed E-state index contributed by atoms with van der Waals surface area (Å²) in [5.74, 6) is 0.430. The smallest absolute Gasteiger partial charge is 0.320 e. The van der Waals surface area contributed by atoms with E-state index in [1.165, 1.54) is 11.3 Å². The number of urea groups is 1. The van der Waals surface area contributed by atoms with Crippen molar-refractivity contribution in [3.63, 3.8) is 0 Å². The summed E-state index contributed by atoms with van der Waals surface area (Å²) in [5, 5.41) is 14.7. The van der Waals surface area contributed by atoms with Gasteiger partial charge >= 0.3 is 6.03 Å². The van der Waals surface area contributed by atoms with Crippen LogP contribution in [0.1, 0.15) is 31.1 Å². The molecule has 0 aromatic carbocycles. The maximum absolute atomic E-state index is 11.9. The average Bonchev–Trinajstić information content (AvgIpc) is 3.14. The van der Waals surface area contributed by atoms with Gasteiger partial charge in [-0.05, 0) is 30.7 Å². The summed E-state index contributed by atoms with van der Waals surface area (Å²) in [6.07, 6.45) is 4.85. The number of aromatic nitrogens is 3. The predicted molar refractivity (Wildman–Crippen MR) is 103 cm³/mol. The number of nitrogens with one attached hydrogen (secondary N) is 2. The van der Waals surface area contributed by atoms with Gasteiger partial charge in [0, 0.05) is 11.4 Å². The van der Waals surface area contributed by atoms with Crippen LogP contribution in [0.25, 0.3) is 21.7 Å². The molecule has 0 saturated carbocycles. The van der Waals surface area contributed by atoms with Crippen LogP contribution in [0.4, 0.5) is 10.6 Å². The molecule has 0 aliphatic rings. The molecule has 0 aliphatic heterocycles. The lowest BCUT2D eigenvalue weighted by molar-refractivity contribution is 0.252. The highest BCUT2D eigenvalue weighted by Crippen LogP contribution is 2.27. The highest BCUT2D eigenvalue weighted by Gasteiger charge is 2.09. The van der Waals surface area contributed by atoms with E-state index in [0.29, 0.717) is 29.2 Å². The van der Waals surface area contributed by atoms with Crippen molar-refractivity contribution in [1.29, 1.82) is 0 Å². The lowest BCUT2D eigenvalue weighted by Gasteiger charge is -2.07. The first kappa shape index (κ1) is 18.2. The number of hydrogen-bond donors (Lipinski definition) is 3. The Balaban J connectivity index is 1.73. The van der Waals surface area contributed by atoms with Crippen molar-refractivity contribution in [3.05, 3.63) is 35.3 Å². The van der Waals surface area contributed by atoms with Crippen LogP contribution in [-0.2, 0) is 6.61 Å². The third-order valence-corrected chi connectivity index (χ3v) is 4.88. The van der Waals surface area contributed by atoms with Crippen molar-refractivity contribution < 1.29 is 9.90 Å². The fourth-order valence-corrected chi connectivity index (χ4v) is 3.25. The average molecular weight is 371 g/mol. The number of aliphatic hydroxyl groups is 1. The van der Waals surface area contributed by atoms with E-state index in [0.717, 1.165) is 29.0 Å². The van der Waals surface area contributed by atoms with Crippen molar-refractivity contribution in [1.82, 2.24) is 20.3 Å². The molecule has 0 radical (unpaired) electrons. The number of anilines is 1. The molecule has 2 amide bonds. The second kappa shape index (κ2) is 8.68. The number of hydrogen-bond acceptors (Lipinski definition) is 6. The highest BCUT2D eigenvalue weighted by atomic mass is 32.1. The van der Waals surface area contributed by atoms with E-state index < -0.39 is 0 Å². The number of rotatable bonds is 7. The fraction of sp³-hybridized carbons (Fsp3) is 0.333. The van der Waals surface area contributed by atoms with Gasteiger partial charge in [0.15, 0.2) is 5.65 Å². The Morgan fingerprint density at radius 2 is 2.08 bits per heavy atom. The van der Waals surface area contributed by atoms with Gasteiger partial charge in [-0.3, -0.25) is 10.3 Å². The summed E-state index contributed by atoms with van der Waals surface area (Å²) in [6.45, 7) is 2.77. The molecule has 0 spiro atoms. The minimum absolute atomic E-state index is 0.00532. The number of carbonyl (C=O) groups excluding carboxylic acids is 1. The van der Waals surface area contributed by atoms with E-state index in [-0.39, 0.29) is 12.6 Å². The Kier molecular flexibility index (Phi) is 6.08. The zero-order valence-electron chi connectivity index (χ0n) is 14.5. The van der Waals surface area contributed by atoms with Crippen LogP contribution in [0.5, 0.6) is 0 Å². The molecule has 26 heavy (non-hydrogen) atoms. The summed E-state index contributed by atoms with van der Waals surface area (Å²) in [7, 11) is 0. The molecule has 0 bridgehead atoms. The highest BCUT2D eigenvalue weighted by molar-refractivity contribution is 7.15. The molecule has 3 aromatic rings. The molecule has 0 fully saturated rings. The van der Waals surface area contributed by atoms with E-state index >= 15 is 0 Å². The summed E-state index contributed by atoms with van der Waals surface area (Å²) >= 11 is 1.46. The van der Waals surface area contributed by atoms with Crippen molar-refractivity contribution >= 4 is 34.3 Å². The number of amides is 2. The van der Waals surface area contributed by atoms with Gasteiger partial charge in [0.1, 0.15) is 17.0 Å². The van der Waals surface area contributed by atoms with E-state index in [1.807, 2.05) is 12.1 Å². The van der Waals surface area contributed by atoms with Gasteiger partial charge in [0.25, 0.3) is 0 Å². The monoisotopic (exact) mass is 371 g/mol. The lowest BCUT2D eigenvalue weighted by atomic mass is 10.2. The van der Waals surface area contributed by atoms with Gasteiger partial charge in [-0.15, -0.1) is 11.3 Å². The van der Waals surface area contributed by atoms with Gasteiger partial charge in [-0.2, -0.15) is 0 Å². The fourth-order valence-electron chi connectivity index (χ4n) is 2.42. The number of aliphatic hydroxyl groups excluding tert-OH is 1. The predicted octanol–water partition coefficient (Wildman–Crippen LogP) is 3.56. The Labute approximate surface area is 155 Å². The van der Waals surface area contributed by atoms with Crippen LogP contribution >= 0.6 is 11.3 Å². The van der Waals surface area contributed by atoms with Crippen LogP contribution in [0.15, 0.2) is 30.5 Å². The topological polar surface area (TPSA) is 100 Å². The first-order valence-electron chi connectivity index (χ1n) is 8.58.